The molecule has 1 atom stereocenters. The van der Waals surface area contributed by atoms with Crippen LogP contribution in [-0.2, 0) is 0 Å². The third-order valence-electron chi connectivity index (χ3n) is 4.08. The summed E-state index contributed by atoms with van der Waals surface area (Å²) in [7, 11) is 0. The molecular formula is C16H16N4O3S. The Hall–Kier alpha value is -2.48. The van der Waals surface area contributed by atoms with E-state index in [1.54, 1.807) is 29.2 Å². The molecule has 0 bridgehead atoms. The first-order valence-corrected chi connectivity index (χ1v) is 8.68. The normalized spacial score (nSPS) is 18.0. The van der Waals surface area contributed by atoms with Crippen LogP contribution in [0.15, 0.2) is 32.5 Å². The second-order valence-electron chi connectivity index (χ2n) is 5.84. The highest BCUT2D eigenvalue weighted by molar-refractivity contribution is 7.13. The van der Waals surface area contributed by atoms with Crippen LogP contribution in [0.5, 0.6) is 0 Å². The van der Waals surface area contributed by atoms with Crippen LogP contribution in [0.4, 0.5) is 0 Å². The van der Waals surface area contributed by atoms with Crippen LogP contribution in [0.3, 0.4) is 0 Å². The zero-order chi connectivity index (χ0) is 16.5. The Bertz CT molecular complexity index is 839. The van der Waals surface area contributed by atoms with Gasteiger partial charge < -0.3 is 13.8 Å². The van der Waals surface area contributed by atoms with E-state index in [9.17, 15) is 4.79 Å². The van der Waals surface area contributed by atoms with E-state index in [0.717, 1.165) is 17.7 Å². The number of aromatic nitrogens is 3. The predicted molar refractivity (Wildman–Crippen MR) is 86.7 cm³/mol. The second-order valence-corrected chi connectivity index (χ2v) is 6.78. The Kier molecular flexibility index (Phi) is 3.89. The van der Waals surface area contributed by atoms with Gasteiger partial charge in [0.1, 0.15) is 5.76 Å². The van der Waals surface area contributed by atoms with Crippen LogP contribution in [0.1, 0.15) is 40.9 Å². The summed E-state index contributed by atoms with van der Waals surface area (Å²) in [5, 5.41) is 14.1. The fraction of sp³-hybridized carbons (Fsp3) is 0.375. The number of aryl methyl sites for hydroxylation is 1. The van der Waals surface area contributed by atoms with Crippen molar-refractivity contribution < 1.29 is 13.7 Å². The van der Waals surface area contributed by atoms with Gasteiger partial charge in [0.2, 0.25) is 5.89 Å². The molecule has 8 heteroatoms. The summed E-state index contributed by atoms with van der Waals surface area (Å²) in [6.45, 7) is 3.03. The summed E-state index contributed by atoms with van der Waals surface area (Å²) >= 11 is 1.56. The number of rotatable bonds is 3. The molecule has 1 fully saturated rings. The molecule has 4 rings (SSSR count). The van der Waals surface area contributed by atoms with Crippen molar-refractivity contribution in [3.05, 3.63) is 40.9 Å². The SMILES string of the molecule is Cc1cc(C(=O)N2CCC[C@H](c3nnc(-c4cccs4)o3)C2)no1. The topological polar surface area (TPSA) is 85.3 Å². The fourth-order valence-electron chi connectivity index (χ4n) is 2.89. The molecule has 0 aliphatic carbocycles. The van der Waals surface area contributed by atoms with E-state index >= 15 is 0 Å². The number of piperidine rings is 1. The molecule has 7 nitrogen and oxygen atoms in total. The zero-order valence-corrected chi connectivity index (χ0v) is 14.0. The van der Waals surface area contributed by atoms with Gasteiger partial charge in [-0.3, -0.25) is 4.79 Å². The van der Waals surface area contributed by atoms with Gasteiger partial charge in [-0.25, -0.2) is 0 Å². The molecule has 0 aromatic carbocycles. The highest BCUT2D eigenvalue weighted by Gasteiger charge is 2.30. The standard InChI is InChI=1S/C16H16N4O3S/c1-10-8-12(19-23-10)16(21)20-6-2-4-11(9-20)14-17-18-15(22-14)13-5-3-7-24-13/h3,5,7-8,11H,2,4,6,9H2,1H3/t11-/m0/s1. The number of carbonyl (C=O) groups is 1. The van der Waals surface area contributed by atoms with E-state index in [0.29, 0.717) is 36.3 Å². The Morgan fingerprint density at radius 2 is 2.33 bits per heavy atom. The predicted octanol–water partition coefficient (Wildman–Crippen LogP) is 3.11. The average molecular weight is 344 g/mol. The van der Waals surface area contributed by atoms with E-state index < -0.39 is 0 Å². The molecule has 1 saturated heterocycles. The Labute approximate surface area is 142 Å². The van der Waals surface area contributed by atoms with Gasteiger partial charge in [-0.1, -0.05) is 11.2 Å². The van der Waals surface area contributed by atoms with Gasteiger partial charge in [-0.15, -0.1) is 21.5 Å². The van der Waals surface area contributed by atoms with Crippen LogP contribution >= 0.6 is 11.3 Å². The van der Waals surface area contributed by atoms with Gasteiger partial charge in [0.05, 0.1) is 10.8 Å². The van der Waals surface area contributed by atoms with Gasteiger partial charge >= 0.3 is 0 Å². The average Bonchev–Trinajstić information content (AvgIpc) is 3.35. The van der Waals surface area contributed by atoms with Crippen molar-refractivity contribution >= 4 is 17.2 Å². The van der Waals surface area contributed by atoms with E-state index in [1.807, 2.05) is 17.5 Å². The van der Waals surface area contributed by atoms with Crippen LogP contribution in [0.25, 0.3) is 10.8 Å². The molecule has 1 amide bonds. The minimum Gasteiger partial charge on any atom is -0.420 e. The van der Waals surface area contributed by atoms with Crippen molar-refractivity contribution in [2.24, 2.45) is 0 Å². The number of carbonyl (C=O) groups excluding carboxylic acids is 1. The summed E-state index contributed by atoms with van der Waals surface area (Å²) < 4.78 is 10.8. The molecule has 0 saturated carbocycles. The maximum Gasteiger partial charge on any atom is 0.276 e. The lowest BCUT2D eigenvalue weighted by Crippen LogP contribution is -2.39. The van der Waals surface area contributed by atoms with Gasteiger partial charge in [0, 0.05) is 19.2 Å². The lowest BCUT2D eigenvalue weighted by atomic mass is 9.98. The molecule has 124 valence electrons. The van der Waals surface area contributed by atoms with Crippen molar-refractivity contribution in [3.63, 3.8) is 0 Å². The summed E-state index contributed by atoms with van der Waals surface area (Å²) in [6, 6.07) is 5.56. The van der Waals surface area contributed by atoms with E-state index in [2.05, 4.69) is 15.4 Å². The molecule has 1 aliphatic rings. The number of nitrogens with zero attached hydrogens (tertiary/aromatic N) is 4. The maximum absolute atomic E-state index is 12.5. The van der Waals surface area contributed by atoms with Crippen LogP contribution < -0.4 is 0 Å². The number of hydrogen-bond donors (Lipinski definition) is 0. The third kappa shape index (κ3) is 2.84. The molecule has 4 heterocycles. The van der Waals surface area contributed by atoms with Gasteiger partial charge in [-0.05, 0) is 31.2 Å². The largest absolute Gasteiger partial charge is 0.420 e. The number of thiophene rings is 1. The molecular weight excluding hydrogens is 328 g/mol. The van der Waals surface area contributed by atoms with Crippen LogP contribution in [-0.4, -0.2) is 39.3 Å². The molecule has 24 heavy (non-hydrogen) atoms. The minimum absolute atomic E-state index is 0.0527. The van der Waals surface area contributed by atoms with Crippen molar-refractivity contribution in [2.75, 3.05) is 13.1 Å². The van der Waals surface area contributed by atoms with Crippen LogP contribution in [0, 0.1) is 6.92 Å². The third-order valence-corrected chi connectivity index (χ3v) is 4.94. The number of likely N-dealkylation sites (tertiary alicyclic amines) is 1. The molecule has 0 radical (unpaired) electrons. The Balaban J connectivity index is 1.50. The minimum atomic E-state index is -0.116. The molecule has 3 aromatic rings. The van der Waals surface area contributed by atoms with E-state index in [-0.39, 0.29) is 11.8 Å². The Morgan fingerprint density at radius 1 is 1.42 bits per heavy atom. The molecule has 0 spiro atoms. The quantitative estimate of drug-likeness (QED) is 0.726. The molecule has 0 N–H and O–H groups in total. The van der Waals surface area contributed by atoms with Crippen LogP contribution in [0.2, 0.25) is 0 Å². The zero-order valence-electron chi connectivity index (χ0n) is 13.1. The van der Waals surface area contributed by atoms with Gasteiger partial charge in [0.15, 0.2) is 5.69 Å². The maximum atomic E-state index is 12.5. The summed E-state index contributed by atoms with van der Waals surface area (Å²) in [5.74, 6) is 1.69. The first kappa shape index (κ1) is 15.1. The smallest absolute Gasteiger partial charge is 0.276 e. The van der Waals surface area contributed by atoms with Gasteiger partial charge in [0.25, 0.3) is 11.8 Å². The first-order valence-electron chi connectivity index (χ1n) is 7.80. The fourth-order valence-corrected chi connectivity index (χ4v) is 3.54. The summed E-state index contributed by atoms with van der Waals surface area (Å²) in [4.78, 5) is 15.3. The van der Waals surface area contributed by atoms with Crippen molar-refractivity contribution in [1.29, 1.82) is 0 Å². The second kappa shape index (κ2) is 6.20. The lowest BCUT2D eigenvalue weighted by molar-refractivity contribution is 0.0688. The van der Waals surface area contributed by atoms with Crippen molar-refractivity contribution in [1.82, 2.24) is 20.3 Å². The first-order chi connectivity index (χ1) is 11.7. The summed E-state index contributed by atoms with van der Waals surface area (Å²) in [6.07, 6.45) is 1.82. The highest BCUT2D eigenvalue weighted by Crippen LogP contribution is 2.30. The van der Waals surface area contributed by atoms with Gasteiger partial charge in [-0.2, -0.15) is 0 Å². The summed E-state index contributed by atoms with van der Waals surface area (Å²) in [5.41, 5.74) is 0.345. The molecule has 0 unspecified atom stereocenters. The number of hydrogen-bond acceptors (Lipinski definition) is 7. The number of amides is 1. The molecule has 1 aliphatic heterocycles. The highest BCUT2D eigenvalue weighted by atomic mass is 32.1. The van der Waals surface area contributed by atoms with Crippen molar-refractivity contribution in [2.45, 2.75) is 25.7 Å². The van der Waals surface area contributed by atoms with E-state index in [4.69, 9.17) is 8.94 Å². The monoisotopic (exact) mass is 344 g/mol. The lowest BCUT2D eigenvalue weighted by Gasteiger charge is -2.30. The Morgan fingerprint density at radius 3 is 3.08 bits per heavy atom. The van der Waals surface area contributed by atoms with E-state index in [1.165, 1.54) is 0 Å². The molecule has 3 aromatic heterocycles. The van der Waals surface area contributed by atoms with Crippen molar-refractivity contribution in [3.8, 4) is 10.8 Å².